The number of hydrogen-bond acceptors (Lipinski definition) is 2. The zero-order valence-electron chi connectivity index (χ0n) is 8.81. The molecule has 15 heavy (non-hydrogen) atoms. The van der Waals surface area contributed by atoms with Crippen LogP contribution in [-0.4, -0.2) is 11.7 Å². The van der Waals surface area contributed by atoms with Crippen LogP contribution in [0.3, 0.4) is 0 Å². The van der Waals surface area contributed by atoms with Crippen molar-refractivity contribution < 1.29 is 9.47 Å². The second kappa shape index (κ2) is 4.09. The highest BCUT2D eigenvalue weighted by molar-refractivity contribution is 5.41. The summed E-state index contributed by atoms with van der Waals surface area (Å²) >= 11 is 0. The molecule has 0 spiro atoms. The lowest BCUT2D eigenvalue weighted by molar-refractivity contribution is 0.369. The van der Waals surface area contributed by atoms with Crippen molar-refractivity contribution in [2.24, 2.45) is 7.05 Å². The minimum absolute atomic E-state index is 0.724. The summed E-state index contributed by atoms with van der Waals surface area (Å²) in [5, 5.41) is 0. The molecule has 0 saturated carbocycles. The maximum Gasteiger partial charge on any atom is 0.199 e. The fourth-order valence-corrected chi connectivity index (χ4v) is 1.37. The van der Waals surface area contributed by atoms with Crippen LogP contribution in [0, 0.1) is 0 Å². The van der Waals surface area contributed by atoms with Gasteiger partial charge in [0.15, 0.2) is 17.4 Å². The molecular formula is C12H13NO2. The lowest BCUT2D eigenvalue weighted by atomic mass is 10.3. The largest absolute Gasteiger partial charge is 0.493 e. The Bertz CT molecular complexity index is 448. The number of ether oxygens (including phenoxy) is 2. The van der Waals surface area contributed by atoms with Crippen LogP contribution in [0.25, 0.3) is 0 Å². The maximum absolute atomic E-state index is 5.71. The van der Waals surface area contributed by atoms with Crippen LogP contribution in [0.5, 0.6) is 17.4 Å². The summed E-state index contributed by atoms with van der Waals surface area (Å²) in [7, 11) is 3.57. The van der Waals surface area contributed by atoms with Gasteiger partial charge in [0.25, 0.3) is 0 Å². The summed E-state index contributed by atoms with van der Waals surface area (Å²) in [5.74, 6) is 2.25. The molecule has 2 aromatic rings. The van der Waals surface area contributed by atoms with Crippen molar-refractivity contribution in [3.05, 3.63) is 42.6 Å². The molecule has 1 heterocycles. The van der Waals surface area contributed by atoms with Gasteiger partial charge in [-0.3, -0.25) is 0 Å². The molecule has 3 heteroatoms. The molecule has 1 aromatic carbocycles. The van der Waals surface area contributed by atoms with Gasteiger partial charge >= 0.3 is 0 Å². The Hall–Kier alpha value is -1.90. The van der Waals surface area contributed by atoms with Gasteiger partial charge in [-0.15, -0.1) is 0 Å². The molecule has 3 nitrogen and oxygen atoms in total. The first-order valence-electron chi connectivity index (χ1n) is 4.73. The van der Waals surface area contributed by atoms with E-state index in [2.05, 4.69) is 0 Å². The van der Waals surface area contributed by atoms with E-state index in [1.54, 1.807) is 7.11 Å². The predicted molar refractivity (Wildman–Crippen MR) is 58.5 cm³/mol. The van der Waals surface area contributed by atoms with Gasteiger partial charge in [-0.25, -0.2) is 0 Å². The van der Waals surface area contributed by atoms with E-state index in [0.29, 0.717) is 0 Å². The monoisotopic (exact) mass is 203 g/mol. The Morgan fingerprint density at radius 1 is 1.00 bits per heavy atom. The molecule has 2 rings (SSSR count). The van der Waals surface area contributed by atoms with Crippen molar-refractivity contribution in [1.29, 1.82) is 0 Å². The number of hydrogen-bond donors (Lipinski definition) is 0. The Morgan fingerprint density at radius 3 is 2.33 bits per heavy atom. The molecule has 0 atom stereocenters. The maximum atomic E-state index is 5.71. The van der Waals surface area contributed by atoms with Crippen molar-refractivity contribution in [2.45, 2.75) is 0 Å². The van der Waals surface area contributed by atoms with Gasteiger partial charge in [-0.1, -0.05) is 12.1 Å². The highest BCUT2D eigenvalue weighted by Crippen LogP contribution is 2.30. The molecule has 0 amide bonds. The van der Waals surface area contributed by atoms with E-state index in [4.69, 9.17) is 9.47 Å². The lowest BCUT2D eigenvalue weighted by Gasteiger charge is -2.09. The van der Waals surface area contributed by atoms with Crippen molar-refractivity contribution in [2.75, 3.05) is 7.11 Å². The van der Waals surface area contributed by atoms with Gasteiger partial charge in [0, 0.05) is 19.3 Å². The van der Waals surface area contributed by atoms with Crippen LogP contribution in [-0.2, 0) is 7.05 Å². The van der Waals surface area contributed by atoms with Gasteiger partial charge in [0.2, 0.25) is 0 Å². The molecule has 0 N–H and O–H groups in total. The standard InChI is InChI=1S/C12H13NO2/c1-13-9-5-8-12(13)15-11-7-4-3-6-10(11)14-2/h3-9H,1-2H3. The molecular weight excluding hydrogens is 190 g/mol. The van der Waals surface area contributed by atoms with Gasteiger partial charge in [-0.2, -0.15) is 0 Å². The SMILES string of the molecule is COc1ccccc1Oc1cccn1C. The zero-order valence-corrected chi connectivity index (χ0v) is 8.81. The third-order valence-electron chi connectivity index (χ3n) is 2.18. The van der Waals surface area contributed by atoms with Gasteiger partial charge in [-0.05, 0) is 18.2 Å². The molecule has 0 radical (unpaired) electrons. The highest BCUT2D eigenvalue weighted by Gasteiger charge is 2.05. The third kappa shape index (κ3) is 1.96. The lowest BCUT2D eigenvalue weighted by Crippen LogP contribution is -1.94. The fourth-order valence-electron chi connectivity index (χ4n) is 1.37. The highest BCUT2D eigenvalue weighted by atomic mass is 16.5. The molecule has 1 aromatic heterocycles. The molecule has 0 saturated heterocycles. The number of rotatable bonds is 3. The van der Waals surface area contributed by atoms with Gasteiger partial charge in [0.05, 0.1) is 7.11 Å². The molecule has 0 bridgehead atoms. The van der Waals surface area contributed by atoms with E-state index in [0.717, 1.165) is 17.4 Å². The smallest absolute Gasteiger partial charge is 0.199 e. The summed E-state index contributed by atoms with van der Waals surface area (Å²) in [6.45, 7) is 0. The van der Waals surface area contributed by atoms with Crippen LogP contribution in [0.1, 0.15) is 0 Å². The first kappa shape index (κ1) is 9.65. The van der Waals surface area contributed by atoms with Gasteiger partial charge < -0.3 is 14.0 Å². The van der Waals surface area contributed by atoms with Crippen molar-refractivity contribution >= 4 is 0 Å². The van der Waals surface area contributed by atoms with E-state index >= 15 is 0 Å². The summed E-state index contributed by atoms with van der Waals surface area (Å²) in [6, 6.07) is 11.4. The number of benzene rings is 1. The van der Waals surface area contributed by atoms with Crippen LogP contribution >= 0.6 is 0 Å². The topological polar surface area (TPSA) is 23.4 Å². The van der Waals surface area contributed by atoms with Gasteiger partial charge in [0.1, 0.15) is 0 Å². The summed E-state index contributed by atoms with van der Waals surface area (Å²) < 4.78 is 12.8. The molecule has 0 unspecified atom stereocenters. The summed E-state index contributed by atoms with van der Waals surface area (Å²) in [5.41, 5.74) is 0. The fraction of sp³-hybridized carbons (Fsp3) is 0.167. The summed E-state index contributed by atoms with van der Waals surface area (Å²) in [6.07, 6.45) is 1.94. The number of aromatic nitrogens is 1. The first-order valence-corrected chi connectivity index (χ1v) is 4.73. The minimum atomic E-state index is 0.724. The third-order valence-corrected chi connectivity index (χ3v) is 2.18. The molecule has 0 aliphatic heterocycles. The quantitative estimate of drug-likeness (QED) is 0.765. The van der Waals surface area contributed by atoms with Crippen LogP contribution in [0.2, 0.25) is 0 Å². The van der Waals surface area contributed by atoms with Crippen molar-refractivity contribution in [1.82, 2.24) is 4.57 Å². The van der Waals surface area contributed by atoms with Crippen molar-refractivity contribution in [3.63, 3.8) is 0 Å². The predicted octanol–water partition coefficient (Wildman–Crippen LogP) is 2.83. The summed E-state index contributed by atoms with van der Waals surface area (Å²) in [4.78, 5) is 0. The second-order valence-corrected chi connectivity index (χ2v) is 3.21. The second-order valence-electron chi connectivity index (χ2n) is 3.21. The zero-order chi connectivity index (χ0) is 10.7. The molecule has 0 aliphatic rings. The Morgan fingerprint density at radius 2 is 1.73 bits per heavy atom. The number of nitrogens with zero attached hydrogens (tertiary/aromatic N) is 1. The van der Waals surface area contributed by atoms with E-state index in [9.17, 15) is 0 Å². The average molecular weight is 203 g/mol. The van der Waals surface area contributed by atoms with Crippen molar-refractivity contribution in [3.8, 4) is 17.4 Å². The van der Waals surface area contributed by atoms with Crippen LogP contribution in [0.15, 0.2) is 42.6 Å². The average Bonchev–Trinajstić information content (AvgIpc) is 2.65. The van der Waals surface area contributed by atoms with E-state index < -0.39 is 0 Å². The van der Waals surface area contributed by atoms with E-state index in [1.165, 1.54) is 0 Å². The first-order chi connectivity index (χ1) is 7.31. The normalized spacial score (nSPS) is 10.0. The molecule has 0 fully saturated rings. The minimum Gasteiger partial charge on any atom is -0.493 e. The Labute approximate surface area is 88.9 Å². The number of methoxy groups -OCH3 is 1. The Kier molecular flexibility index (Phi) is 2.63. The Balaban J connectivity index is 2.28. The van der Waals surface area contributed by atoms with Crippen LogP contribution < -0.4 is 9.47 Å². The number of para-hydroxylation sites is 2. The van der Waals surface area contributed by atoms with Crippen LogP contribution in [0.4, 0.5) is 0 Å². The number of aryl methyl sites for hydroxylation is 1. The molecule has 0 aliphatic carbocycles. The van der Waals surface area contributed by atoms with E-state index in [-0.39, 0.29) is 0 Å². The molecule has 78 valence electrons. The van der Waals surface area contributed by atoms with E-state index in [1.807, 2.05) is 54.2 Å².